The third kappa shape index (κ3) is 6.14. The van der Waals surface area contributed by atoms with Gasteiger partial charge in [0.15, 0.2) is 5.78 Å². The van der Waals surface area contributed by atoms with Crippen LogP contribution in [0, 0.1) is 11.2 Å². The molecule has 2 fully saturated rings. The number of hydrogen-bond acceptors (Lipinski definition) is 4. The van der Waals surface area contributed by atoms with Gasteiger partial charge in [-0.2, -0.15) is 0 Å². The molecule has 194 valence electrons. The maximum Gasteiger partial charge on any atom is 0.229 e. The Kier molecular flexibility index (Phi) is 9.50. The Hall–Kier alpha value is -1.79. The highest BCUT2D eigenvalue weighted by atomic mass is 35.5. The molecule has 2 amide bonds. The number of amides is 2. The van der Waals surface area contributed by atoms with Gasteiger partial charge < -0.3 is 4.90 Å². The Morgan fingerprint density at radius 1 is 1.09 bits per heavy atom. The van der Waals surface area contributed by atoms with E-state index >= 15 is 0 Å². The van der Waals surface area contributed by atoms with Crippen molar-refractivity contribution >= 4 is 30.0 Å². The zero-order chi connectivity index (χ0) is 24.3. The van der Waals surface area contributed by atoms with E-state index in [9.17, 15) is 18.8 Å². The van der Waals surface area contributed by atoms with Crippen molar-refractivity contribution in [3.05, 3.63) is 34.6 Å². The number of rotatable bonds is 9. The van der Waals surface area contributed by atoms with Crippen LogP contribution >= 0.6 is 12.4 Å². The Morgan fingerprint density at radius 3 is 2.40 bits per heavy atom. The van der Waals surface area contributed by atoms with Crippen LogP contribution in [-0.4, -0.2) is 53.1 Å². The molecule has 0 unspecified atom stereocenters. The van der Waals surface area contributed by atoms with Crippen molar-refractivity contribution in [3.63, 3.8) is 0 Å². The number of benzene rings is 1. The molecule has 1 atom stereocenters. The lowest BCUT2D eigenvalue weighted by Crippen LogP contribution is -2.47. The standard InChI is InChI=1S/C28H39FN2O3.ClH/c1-3-14-30(21-8-9-23-24(17-21)22(20(2)32)10-11-25(23)29)15-6-7-16-31-26(33)18-28(19-27(31)34)12-4-5-13-28;/h10-11,21H,3-9,12-19H2,1-2H3;1H/t21-;/m0./s1. The zero-order valence-corrected chi connectivity index (χ0v) is 22.1. The van der Waals surface area contributed by atoms with Crippen LogP contribution in [0.5, 0.6) is 0 Å². The summed E-state index contributed by atoms with van der Waals surface area (Å²) in [4.78, 5) is 41.5. The fourth-order valence-electron chi connectivity index (χ4n) is 6.57. The number of carbonyl (C=O) groups excluding carboxylic acids is 3. The number of ketones is 1. The third-order valence-electron chi connectivity index (χ3n) is 8.34. The highest BCUT2D eigenvalue weighted by Gasteiger charge is 2.44. The smallest absolute Gasteiger partial charge is 0.229 e. The van der Waals surface area contributed by atoms with Crippen LogP contribution < -0.4 is 0 Å². The molecule has 1 aliphatic heterocycles. The van der Waals surface area contributed by atoms with Gasteiger partial charge in [0.2, 0.25) is 11.8 Å². The molecule has 0 aromatic heterocycles. The number of hydrogen-bond donors (Lipinski definition) is 0. The van der Waals surface area contributed by atoms with E-state index in [1.54, 1.807) is 13.0 Å². The lowest BCUT2D eigenvalue weighted by molar-refractivity contribution is -0.153. The summed E-state index contributed by atoms with van der Waals surface area (Å²) in [6.07, 6.45) is 10.4. The Morgan fingerprint density at radius 2 is 1.77 bits per heavy atom. The van der Waals surface area contributed by atoms with E-state index < -0.39 is 0 Å². The van der Waals surface area contributed by atoms with Crippen LogP contribution in [-0.2, 0) is 22.4 Å². The number of imide groups is 1. The van der Waals surface area contributed by atoms with E-state index in [1.807, 2.05) is 0 Å². The van der Waals surface area contributed by atoms with Crippen molar-refractivity contribution in [2.75, 3.05) is 19.6 Å². The van der Waals surface area contributed by atoms with Gasteiger partial charge in [0.25, 0.3) is 0 Å². The molecule has 2 aliphatic carbocycles. The van der Waals surface area contributed by atoms with Crippen molar-refractivity contribution in [2.45, 2.75) is 96.9 Å². The van der Waals surface area contributed by atoms with Gasteiger partial charge in [0.1, 0.15) is 5.82 Å². The second-order valence-corrected chi connectivity index (χ2v) is 10.7. The number of carbonyl (C=O) groups is 3. The largest absolute Gasteiger partial charge is 0.300 e. The zero-order valence-electron chi connectivity index (χ0n) is 21.2. The number of halogens is 2. The number of fused-ring (bicyclic) bond motifs is 1. The van der Waals surface area contributed by atoms with Gasteiger partial charge in [-0.25, -0.2) is 4.39 Å². The van der Waals surface area contributed by atoms with Crippen LogP contribution in [0.2, 0.25) is 0 Å². The molecule has 1 aromatic carbocycles. The molecule has 5 nitrogen and oxygen atoms in total. The first kappa shape index (κ1) is 27.8. The van der Waals surface area contributed by atoms with Crippen molar-refractivity contribution < 1.29 is 18.8 Å². The summed E-state index contributed by atoms with van der Waals surface area (Å²) in [6.45, 7) is 6.07. The summed E-state index contributed by atoms with van der Waals surface area (Å²) in [6, 6.07) is 3.34. The minimum Gasteiger partial charge on any atom is -0.300 e. The minimum atomic E-state index is -0.198. The maximum atomic E-state index is 14.4. The fraction of sp³-hybridized carbons (Fsp3) is 0.679. The van der Waals surface area contributed by atoms with Crippen LogP contribution in [0.4, 0.5) is 4.39 Å². The van der Waals surface area contributed by atoms with Gasteiger partial charge in [0.05, 0.1) is 0 Å². The Balaban J connectivity index is 0.00000342. The average Bonchev–Trinajstić information content (AvgIpc) is 3.24. The highest BCUT2D eigenvalue weighted by molar-refractivity contribution is 5.98. The second kappa shape index (κ2) is 12.0. The number of nitrogens with zero attached hydrogens (tertiary/aromatic N) is 2. The summed E-state index contributed by atoms with van der Waals surface area (Å²) < 4.78 is 14.4. The molecule has 1 aromatic rings. The van der Waals surface area contributed by atoms with Crippen molar-refractivity contribution in [2.24, 2.45) is 5.41 Å². The molecule has 0 radical (unpaired) electrons. The second-order valence-electron chi connectivity index (χ2n) is 10.7. The van der Waals surface area contributed by atoms with Crippen molar-refractivity contribution in [3.8, 4) is 0 Å². The van der Waals surface area contributed by atoms with Crippen LogP contribution in [0.15, 0.2) is 12.1 Å². The molecule has 1 saturated carbocycles. The quantitative estimate of drug-likeness (QED) is 0.252. The minimum absolute atomic E-state index is 0. The maximum absolute atomic E-state index is 14.4. The molecular weight excluding hydrogens is 467 g/mol. The van der Waals surface area contributed by atoms with Gasteiger partial charge in [-0.3, -0.25) is 19.3 Å². The molecule has 0 bridgehead atoms. The van der Waals surface area contributed by atoms with Crippen LogP contribution in [0.25, 0.3) is 0 Å². The molecule has 7 heteroatoms. The molecule has 1 saturated heterocycles. The predicted octanol–water partition coefficient (Wildman–Crippen LogP) is 5.51. The molecule has 4 rings (SSSR count). The number of likely N-dealkylation sites (tertiary alicyclic amines) is 1. The normalized spacial score (nSPS) is 21.4. The van der Waals surface area contributed by atoms with Crippen molar-refractivity contribution in [1.82, 2.24) is 9.80 Å². The molecule has 35 heavy (non-hydrogen) atoms. The first-order valence-corrected chi connectivity index (χ1v) is 13.2. The first-order chi connectivity index (χ1) is 16.3. The SMILES string of the molecule is CCCN(CCCCN1C(=O)CC2(CCCC2)CC1=O)[C@H]1CCc2c(F)ccc(C(C)=O)c2C1.Cl. The van der Waals surface area contributed by atoms with Gasteiger partial charge >= 0.3 is 0 Å². The summed E-state index contributed by atoms with van der Waals surface area (Å²) in [5.74, 6) is -0.164. The van der Waals surface area contributed by atoms with E-state index in [4.69, 9.17) is 0 Å². The Labute approximate surface area is 215 Å². The van der Waals surface area contributed by atoms with Gasteiger partial charge in [-0.05, 0) is 100 Å². The lowest BCUT2D eigenvalue weighted by Gasteiger charge is -2.38. The summed E-state index contributed by atoms with van der Waals surface area (Å²) in [7, 11) is 0. The van der Waals surface area contributed by atoms with E-state index in [1.165, 1.54) is 11.0 Å². The van der Waals surface area contributed by atoms with Crippen LogP contribution in [0.1, 0.15) is 99.5 Å². The molecule has 3 aliphatic rings. The number of piperidine rings is 1. The first-order valence-electron chi connectivity index (χ1n) is 13.2. The monoisotopic (exact) mass is 506 g/mol. The number of unbranched alkanes of at least 4 members (excludes halogenated alkanes) is 1. The molecular formula is C28H40ClFN2O3. The van der Waals surface area contributed by atoms with E-state index in [2.05, 4.69) is 11.8 Å². The molecule has 0 N–H and O–H groups in total. The molecule has 1 spiro atoms. The third-order valence-corrected chi connectivity index (χ3v) is 8.34. The van der Waals surface area contributed by atoms with Gasteiger partial charge in [-0.15, -0.1) is 12.4 Å². The van der Waals surface area contributed by atoms with E-state index in [0.717, 1.165) is 70.0 Å². The lowest BCUT2D eigenvalue weighted by atomic mass is 9.76. The van der Waals surface area contributed by atoms with Crippen LogP contribution in [0.3, 0.4) is 0 Å². The summed E-state index contributed by atoms with van der Waals surface area (Å²) in [5.41, 5.74) is 2.20. The van der Waals surface area contributed by atoms with Gasteiger partial charge in [-0.1, -0.05) is 19.8 Å². The van der Waals surface area contributed by atoms with Crippen molar-refractivity contribution in [1.29, 1.82) is 0 Å². The fourth-order valence-corrected chi connectivity index (χ4v) is 6.57. The van der Waals surface area contributed by atoms with E-state index in [-0.39, 0.29) is 47.3 Å². The predicted molar refractivity (Wildman–Crippen MR) is 137 cm³/mol. The summed E-state index contributed by atoms with van der Waals surface area (Å²) in [5, 5.41) is 0. The summed E-state index contributed by atoms with van der Waals surface area (Å²) >= 11 is 0. The highest BCUT2D eigenvalue weighted by Crippen LogP contribution is 2.46. The van der Waals surface area contributed by atoms with E-state index in [0.29, 0.717) is 43.4 Å². The number of Topliss-reactive ketones (excluding diaryl/α,β-unsaturated/α-hetero) is 1. The Bertz CT molecular complexity index is 924. The van der Waals surface area contributed by atoms with Gasteiger partial charge in [0, 0.05) is 31.0 Å². The average molecular weight is 507 g/mol. The topological polar surface area (TPSA) is 57.7 Å². The molecule has 1 heterocycles.